The van der Waals surface area contributed by atoms with Crippen LogP contribution >= 0.6 is 0 Å². The molecule has 0 fully saturated rings. The van der Waals surface area contributed by atoms with Gasteiger partial charge in [-0.25, -0.2) is 0 Å². The summed E-state index contributed by atoms with van der Waals surface area (Å²) in [4.78, 5) is 14.4. The normalized spacial score (nSPS) is 15.9. The van der Waals surface area contributed by atoms with Gasteiger partial charge in [-0.05, 0) is 68.1 Å². The van der Waals surface area contributed by atoms with Crippen LogP contribution in [0.1, 0.15) is 55.0 Å². The van der Waals surface area contributed by atoms with Gasteiger partial charge < -0.3 is 19.6 Å². The number of aromatic amines is 1. The van der Waals surface area contributed by atoms with Gasteiger partial charge in [0.1, 0.15) is 18.1 Å². The lowest BCUT2D eigenvalue weighted by atomic mass is 10.0. The van der Waals surface area contributed by atoms with E-state index in [0.717, 1.165) is 41.1 Å². The highest BCUT2D eigenvalue weighted by atomic mass is 19.4. The molecule has 0 bridgehead atoms. The van der Waals surface area contributed by atoms with Gasteiger partial charge in [-0.1, -0.05) is 6.07 Å². The summed E-state index contributed by atoms with van der Waals surface area (Å²) < 4.78 is 51.5. The molecule has 4 rings (SSSR count). The Labute approximate surface area is 183 Å². The highest BCUT2D eigenvalue weighted by Crippen LogP contribution is 2.41. The zero-order chi connectivity index (χ0) is 23.0. The maximum absolute atomic E-state index is 13.5. The van der Waals surface area contributed by atoms with Crippen molar-refractivity contribution in [2.45, 2.75) is 57.9 Å². The van der Waals surface area contributed by atoms with Gasteiger partial charge in [0.15, 0.2) is 0 Å². The number of rotatable bonds is 7. The number of fused-ring (bicyclic) bond motifs is 3. The average Bonchev–Trinajstić information content (AvgIpc) is 3.25. The van der Waals surface area contributed by atoms with E-state index in [1.807, 2.05) is 12.1 Å². The van der Waals surface area contributed by atoms with E-state index in [0.29, 0.717) is 11.3 Å². The number of ether oxygens (including phenoxy) is 2. The van der Waals surface area contributed by atoms with Crippen LogP contribution in [-0.2, 0) is 24.0 Å². The summed E-state index contributed by atoms with van der Waals surface area (Å²) in [6.45, 7) is 3.33. The molecule has 0 saturated heterocycles. The zero-order valence-electron chi connectivity index (χ0n) is 17.8. The maximum Gasteiger partial charge on any atom is 0.419 e. The predicted molar refractivity (Wildman–Crippen MR) is 113 cm³/mol. The van der Waals surface area contributed by atoms with Crippen molar-refractivity contribution >= 4 is 16.9 Å². The molecule has 1 atom stereocenters. The SMILES string of the molecule is CC(C)Oc1ccc(COc2ccc3[nH]c4c(c3c2)CC[C@H]4CC(=O)O)cc1C(F)(F)F. The fourth-order valence-corrected chi connectivity index (χ4v) is 4.24. The number of aliphatic carboxylic acids is 1. The molecule has 3 aromatic rings. The molecule has 0 aliphatic heterocycles. The molecular formula is C24H24F3NO4. The average molecular weight is 447 g/mol. The van der Waals surface area contributed by atoms with Crippen LogP contribution in [0.2, 0.25) is 0 Å². The number of carbonyl (C=O) groups is 1. The third-order valence-corrected chi connectivity index (χ3v) is 5.60. The van der Waals surface area contributed by atoms with Crippen molar-refractivity contribution in [2.75, 3.05) is 0 Å². The second kappa shape index (κ2) is 8.41. The van der Waals surface area contributed by atoms with Crippen LogP contribution in [0.4, 0.5) is 13.2 Å². The minimum Gasteiger partial charge on any atom is -0.490 e. The first-order chi connectivity index (χ1) is 15.1. The number of carboxylic acid groups (broad SMARTS) is 1. The summed E-state index contributed by atoms with van der Waals surface area (Å²) in [5.74, 6) is -0.520. The fourth-order valence-electron chi connectivity index (χ4n) is 4.24. The van der Waals surface area contributed by atoms with Crippen molar-refractivity contribution in [2.24, 2.45) is 0 Å². The van der Waals surface area contributed by atoms with Crippen molar-refractivity contribution in [1.29, 1.82) is 0 Å². The van der Waals surface area contributed by atoms with Gasteiger partial charge in [0.05, 0.1) is 18.1 Å². The Kier molecular flexibility index (Phi) is 5.79. The van der Waals surface area contributed by atoms with E-state index in [1.54, 1.807) is 26.0 Å². The van der Waals surface area contributed by atoms with Gasteiger partial charge in [-0.2, -0.15) is 13.2 Å². The molecule has 5 nitrogen and oxygen atoms in total. The Balaban J connectivity index is 1.54. The van der Waals surface area contributed by atoms with Crippen molar-refractivity contribution in [3.8, 4) is 11.5 Å². The van der Waals surface area contributed by atoms with Gasteiger partial charge in [-0.3, -0.25) is 4.79 Å². The largest absolute Gasteiger partial charge is 0.490 e. The first-order valence-corrected chi connectivity index (χ1v) is 10.5. The number of hydrogen-bond donors (Lipinski definition) is 2. The van der Waals surface area contributed by atoms with E-state index in [4.69, 9.17) is 14.6 Å². The molecule has 8 heteroatoms. The van der Waals surface area contributed by atoms with Crippen molar-refractivity contribution in [3.05, 3.63) is 58.8 Å². The number of hydrogen-bond acceptors (Lipinski definition) is 3. The Morgan fingerprint density at radius 1 is 1.22 bits per heavy atom. The maximum atomic E-state index is 13.5. The minimum atomic E-state index is -4.53. The van der Waals surface area contributed by atoms with E-state index in [-0.39, 0.29) is 30.8 Å². The van der Waals surface area contributed by atoms with Crippen LogP contribution in [0.5, 0.6) is 11.5 Å². The lowest BCUT2D eigenvalue weighted by Crippen LogP contribution is -2.13. The van der Waals surface area contributed by atoms with Crippen LogP contribution < -0.4 is 9.47 Å². The van der Waals surface area contributed by atoms with Crippen LogP contribution in [0.15, 0.2) is 36.4 Å². The monoisotopic (exact) mass is 447 g/mol. The number of aromatic nitrogens is 1. The highest BCUT2D eigenvalue weighted by Gasteiger charge is 2.35. The van der Waals surface area contributed by atoms with Crippen LogP contribution in [0, 0.1) is 0 Å². The highest BCUT2D eigenvalue weighted by molar-refractivity contribution is 5.87. The summed E-state index contributed by atoms with van der Waals surface area (Å²) in [6, 6.07) is 9.40. The third kappa shape index (κ3) is 4.54. The van der Waals surface area contributed by atoms with Gasteiger partial charge in [-0.15, -0.1) is 0 Å². The van der Waals surface area contributed by atoms with Crippen molar-refractivity contribution in [1.82, 2.24) is 4.98 Å². The Hall–Kier alpha value is -3.16. The Bertz CT molecular complexity index is 1150. The molecule has 0 saturated carbocycles. The zero-order valence-corrected chi connectivity index (χ0v) is 17.8. The molecule has 2 aromatic carbocycles. The quantitative estimate of drug-likeness (QED) is 0.462. The predicted octanol–water partition coefficient (Wildman–Crippen LogP) is 6.06. The second-order valence-corrected chi connectivity index (χ2v) is 8.34. The topological polar surface area (TPSA) is 71.5 Å². The first-order valence-electron chi connectivity index (χ1n) is 10.5. The number of carboxylic acids is 1. The van der Waals surface area contributed by atoms with Crippen LogP contribution in [0.25, 0.3) is 10.9 Å². The lowest BCUT2D eigenvalue weighted by Gasteiger charge is -2.17. The summed E-state index contributed by atoms with van der Waals surface area (Å²) in [5.41, 5.74) is 2.50. The molecule has 0 amide bonds. The molecular weight excluding hydrogens is 423 g/mol. The molecule has 32 heavy (non-hydrogen) atoms. The van der Waals surface area contributed by atoms with Crippen molar-refractivity contribution in [3.63, 3.8) is 0 Å². The Morgan fingerprint density at radius 2 is 2.00 bits per heavy atom. The number of nitrogens with one attached hydrogen (secondary N) is 1. The smallest absolute Gasteiger partial charge is 0.419 e. The van der Waals surface area contributed by atoms with Gasteiger partial charge in [0, 0.05) is 22.5 Å². The van der Waals surface area contributed by atoms with Gasteiger partial charge >= 0.3 is 12.1 Å². The number of H-pyrrole nitrogens is 1. The molecule has 1 aliphatic carbocycles. The lowest BCUT2D eigenvalue weighted by molar-refractivity contribution is -0.139. The van der Waals surface area contributed by atoms with Crippen LogP contribution in [-0.4, -0.2) is 22.2 Å². The molecule has 0 unspecified atom stereocenters. The van der Waals surface area contributed by atoms with Crippen molar-refractivity contribution < 1.29 is 32.5 Å². The molecule has 1 aliphatic rings. The van der Waals surface area contributed by atoms with Gasteiger partial charge in [0.25, 0.3) is 0 Å². The first kappa shape index (κ1) is 22.0. The molecule has 1 aromatic heterocycles. The minimum absolute atomic E-state index is 0.0230. The van der Waals surface area contributed by atoms with E-state index in [9.17, 15) is 18.0 Å². The van der Waals surface area contributed by atoms with E-state index >= 15 is 0 Å². The molecule has 0 radical (unpaired) electrons. The number of alkyl halides is 3. The standard InChI is InChI=1S/C24H24F3NO4/c1-13(2)32-21-8-3-14(9-19(21)24(25,26)27)12-31-16-5-7-20-18(11-16)17-6-4-15(10-22(29)30)23(17)28-20/h3,5,7-9,11,13,15,28H,4,6,10,12H2,1-2H3,(H,29,30)/t15-/m0/s1. The number of aryl methyl sites for hydroxylation is 1. The summed E-state index contributed by atoms with van der Waals surface area (Å²) in [6.07, 6.45) is -3.26. The fraction of sp³-hybridized carbons (Fsp3) is 0.375. The number of benzene rings is 2. The summed E-state index contributed by atoms with van der Waals surface area (Å²) in [5, 5.41) is 10.1. The third-order valence-electron chi connectivity index (χ3n) is 5.60. The second-order valence-electron chi connectivity index (χ2n) is 8.34. The molecule has 2 N–H and O–H groups in total. The van der Waals surface area contributed by atoms with E-state index < -0.39 is 17.7 Å². The molecule has 0 spiro atoms. The molecule has 1 heterocycles. The summed E-state index contributed by atoms with van der Waals surface area (Å²) >= 11 is 0. The van der Waals surface area contributed by atoms with E-state index in [2.05, 4.69) is 4.98 Å². The number of halogens is 3. The van der Waals surface area contributed by atoms with Crippen LogP contribution in [0.3, 0.4) is 0 Å². The van der Waals surface area contributed by atoms with Gasteiger partial charge in [0.2, 0.25) is 0 Å². The Morgan fingerprint density at radius 3 is 2.69 bits per heavy atom. The van der Waals surface area contributed by atoms with E-state index in [1.165, 1.54) is 6.07 Å². The summed E-state index contributed by atoms with van der Waals surface area (Å²) in [7, 11) is 0. The molecule has 170 valence electrons.